The van der Waals surface area contributed by atoms with Gasteiger partial charge >= 0.3 is 0 Å². The molecular weight excluding hydrogens is 347 g/mol. The van der Waals surface area contributed by atoms with E-state index in [-0.39, 0.29) is 10.5 Å². The smallest absolute Gasteiger partial charge is 0.235 e. The normalized spacial score (nSPS) is 14.6. The van der Waals surface area contributed by atoms with E-state index in [1.54, 1.807) is 24.3 Å². The van der Waals surface area contributed by atoms with Gasteiger partial charge in [-0.05, 0) is 42.6 Å². The topological polar surface area (TPSA) is 84.0 Å². The second-order valence-electron chi connectivity index (χ2n) is 4.89. The Kier molecular flexibility index (Phi) is 4.12. The second-order valence-corrected chi connectivity index (χ2v) is 7.59. The van der Waals surface area contributed by atoms with Gasteiger partial charge in [0.15, 0.2) is 5.82 Å². The van der Waals surface area contributed by atoms with Gasteiger partial charge in [-0.1, -0.05) is 17.7 Å². The molecule has 1 aromatic heterocycles. The molecule has 0 aliphatic heterocycles. The third-order valence-corrected chi connectivity index (χ3v) is 5.39. The Balaban J connectivity index is 1.80. The summed E-state index contributed by atoms with van der Waals surface area (Å²) in [7, 11) is -3.30. The number of nitrogens with one attached hydrogen (secondary N) is 2. The quantitative estimate of drug-likeness (QED) is 0.799. The zero-order valence-electron chi connectivity index (χ0n) is 11.3. The van der Waals surface area contributed by atoms with Crippen molar-refractivity contribution in [2.75, 3.05) is 10.0 Å². The lowest BCUT2D eigenvalue weighted by atomic mass is 10.3. The van der Waals surface area contributed by atoms with E-state index in [9.17, 15) is 8.42 Å². The number of rotatable bonds is 5. The molecule has 116 valence electrons. The molecule has 0 radical (unpaired) electrons. The van der Waals surface area contributed by atoms with Crippen molar-refractivity contribution in [1.29, 1.82) is 0 Å². The molecule has 0 spiro atoms. The van der Waals surface area contributed by atoms with E-state index >= 15 is 0 Å². The molecule has 0 atom stereocenters. The minimum atomic E-state index is -3.30. The number of sulfonamides is 1. The van der Waals surface area contributed by atoms with Gasteiger partial charge in [0, 0.05) is 5.69 Å². The molecule has 6 nitrogen and oxygen atoms in total. The average Bonchev–Trinajstić information content (AvgIpc) is 3.28. The number of benzene rings is 1. The van der Waals surface area contributed by atoms with Crippen molar-refractivity contribution in [1.82, 2.24) is 9.97 Å². The van der Waals surface area contributed by atoms with Crippen LogP contribution < -0.4 is 10.0 Å². The van der Waals surface area contributed by atoms with Crippen LogP contribution in [0, 0.1) is 0 Å². The number of anilines is 3. The van der Waals surface area contributed by atoms with E-state index in [4.69, 9.17) is 23.2 Å². The first-order valence-corrected chi connectivity index (χ1v) is 8.81. The van der Waals surface area contributed by atoms with Crippen LogP contribution in [0.5, 0.6) is 0 Å². The van der Waals surface area contributed by atoms with Crippen LogP contribution in [0.25, 0.3) is 0 Å². The largest absolute Gasteiger partial charge is 0.339 e. The Hall–Kier alpha value is -1.57. The van der Waals surface area contributed by atoms with Gasteiger partial charge in [0.05, 0.1) is 17.1 Å². The monoisotopic (exact) mass is 358 g/mol. The van der Waals surface area contributed by atoms with E-state index in [1.807, 2.05) is 0 Å². The SMILES string of the molecule is O=S(=O)(Nc1cccc(Nc2nc(Cl)ncc2Cl)c1)C1CC1. The Labute approximate surface area is 137 Å². The van der Waals surface area contributed by atoms with E-state index in [1.165, 1.54) is 6.20 Å². The van der Waals surface area contributed by atoms with Gasteiger partial charge in [0.1, 0.15) is 5.02 Å². The molecule has 0 amide bonds. The summed E-state index contributed by atoms with van der Waals surface area (Å²) < 4.78 is 26.5. The summed E-state index contributed by atoms with van der Waals surface area (Å²) in [6.45, 7) is 0. The highest BCUT2D eigenvalue weighted by molar-refractivity contribution is 7.93. The van der Waals surface area contributed by atoms with Crippen LogP contribution in [0.1, 0.15) is 12.8 Å². The fourth-order valence-electron chi connectivity index (χ4n) is 1.86. The van der Waals surface area contributed by atoms with Gasteiger partial charge in [0.25, 0.3) is 0 Å². The molecule has 1 aliphatic rings. The number of nitrogens with zero attached hydrogens (tertiary/aromatic N) is 2. The summed E-state index contributed by atoms with van der Waals surface area (Å²) in [4.78, 5) is 7.75. The summed E-state index contributed by atoms with van der Waals surface area (Å²) in [5, 5.41) is 3.08. The Morgan fingerprint density at radius 3 is 2.64 bits per heavy atom. The number of hydrogen-bond donors (Lipinski definition) is 2. The van der Waals surface area contributed by atoms with Crippen LogP contribution in [0.2, 0.25) is 10.3 Å². The van der Waals surface area contributed by atoms with Crippen molar-refractivity contribution in [3.63, 3.8) is 0 Å². The molecule has 9 heteroatoms. The predicted molar refractivity (Wildman–Crippen MR) is 87.3 cm³/mol. The standard InChI is InChI=1S/C13H12Cl2N4O2S/c14-11-7-16-13(15)18-12(11)17-8-2-1-3-9(6-8)19-22(20,21)10-4-5-10/h1-3,6-7,10,19H,4-5H2,(H,16,17,18). The first-order valence-electron chi connectivity index (χ1n) is 6.51. The van der Waals surface area contributed by atoms with Gasteiger partial charge in [0.2, 0.25) is 15.3 Å². The van der Waals surface area contributed by atoms with E-state index in [0.717, 1.165) is 0 Å². The third kappa shape index (κ3) is 3.60. The van der Waals surface area contributed by atoms with Crippen molar-refractivity contribution in [2.24, 2.45) is 0 Å². The lowest BCUT2D eigenvalue weighted by Crippen LogP contribution is -2.17. The van der Waals surface area contributed by atoms with Gasteiger partial charge < -0.3 is 5.32 Å². The molecular formula is C13H12Cl2N4O2S. The van der Waals surface area contributed by atoms with Gasteiger partial charge in [-0.3, -0.25) is 4.72 Å². The molecule has 0 saturated heterocycles. The first-order chi connectivity index (χ1) is 10.4. The van der Waals surface area contributed by atoms with Crippen molar-refractivity contribution in [2.45, 2.75) is 18.1 Å². The second kappa shape index (κ2) is 5.91. The summed E-state index contributed by atoms with van der Waals surface area (Å²) in [5.41, 5.74) is 1.11. The summed E-state index contributed by atoms with van der Waals surface area (Å²) in [5.74, 6) is 0.351. The maximum Gasteiger partial charge on any atom is 0.235 e. The van der Waals surface area contributed by atoms with Gasteiger partial charge in [-0.2, -0.15) is 4.98 Å². The van der Waals surface area contributed by atoms with Crippen molar-refractivity contribution in [3.05, 3.63) is 40.8 Å². The highest BCUT2D eigenvalue weighted by Gasteiger charge is 2.35. The lowest BCUT2D eigenvalue weighted by molar-refractivity contribution is 0.600. The first kappa shape index (κ1) is 15.3. The number of hydrogen-bond acceptors (Lipinski definition) is 5. The van der Waals surface area contributed by atoms with Gasteiger partial charge in [-0.15, -0.1) is 0 Å². The third-order valence-electron chi connectivity index (χ3n) is 3.06. The maximum atomic E-state index is 11.9. The molecule has 2 N–H and O–H groups in total. The van der Waals surface area contributed by atoms with Crippen LogP contribution in [-0.4, -0.2) is 23.6 Å². The zero-order chi connectivity index (χ0) is 15.7. The summed E-state index contributed by atoms with van der Waals surface area (Å²) in [6.07, 6.45) is 2.81. The lowest BCUT2D eigenvalue weighted by Gasteiger charge is -2.10. The molecule has 1 heterocycles. The maximum absolute atomic E-state index is 11.9. The molecule has 1 aliphatic carbocycles. The van der Waals surface area contributed by atoms with Crippen LogP contribution in [0.3, 0.4) is 0 Å². The Bertz CT molecular complexity index is 809. The molecule has 1 aromatic carbocycles. The fraction of sp³-hybridized carbons (Fsp3) is 0.231. The van der Waals surface area contributed by atoms with Gasteiger partial charge in [-0.25, -0.2) is 13.4 Å². The Morgan fingerprint density at radius 2 is 1.91 bits per heavy atom. The van der Waals surface area contributed by atoms with E-state index in [0.29, 0.717) is 35.1 Å². The summed E-state index contributed by atoms with van der Waals surface area (Å²) >= 11 is 11.7. The van der Waals surface area contributed by atoms with Crippen LogP contribution in [0.15, 0.2) is 30.5 Å². The Morgan fingerprint density at radius 1 is 1.18 bits per heavy atom. The highest BCUT2D eigenvalue weighted by Crippen LogP contribution is 2.31. The highest BCUT2D eigenvalue weighted by atomic mass is 35.5. The molecule has 1 fully saturated rings. The van der Waals surface area contributed by atoms with Crippen molar-refractivity contribution >= 4 is 50.4 Å². The minimum absolute atomic E-state index is 0.0671. The van der Waals surface area contributed by atoms with Crippen LogP contribution >= 0.6 is 23.2 Å². The average molecular weight is 359 g/mol. The molecule has 0 unspecified atom stereocenters. The predicted octanol–water partition coefficient (Wildman–Crippen LogP) is 3.43. The molecule has 0 bridgehead atoms. The van der Waals surface area contributed by atoms with Crippen LogP contribution in [0.4, 0.5) is 17.2 Å². The summed E-state index contributed by atoms with van der Waals surface area (Å²) in [6, 6.07) is 6.83. The number of aromatic nitrogens is 2. The molecule has 22 heavy (non-hydrogen) atoms. The molecule has 2 aromatic rings. The van der Waals surface area contributed by atoms with E-state index in [2.05, 4.69) is 20.0 Å². The number of halogens is 2. The fourth-order valence-corrected chi connectivity index (χ4v) is 3.51. The van der Waals surface area contributed by atoms with Crippen molar-refractivity contribution < 1.29 is 8.42 Å². The van der Waals surface area contributed by atoms with E-state index < -0.39 is 10.0 Å². The minimum Gasteiger partial charge on any atom is -0.339 e. The zero-order valence-corrected chi connectivity index (χ0v) is 13.6. The van der Waals surface area contributed by atoms with Crippen LogP contribution in [-0.2, 0) is 10.0 Å². The van der Waals surface area contributed by atoms with Crippen molar-refractivity contribution in [3.8, 4) is 0 Å². The molecule has 3 rings (SSSR count). The molecule has 1 saturated carbocycles.